The van der Waals surface area contributed by atoms with E-state index < -0.39 is 16.1 Å². The molecule has 0 aliphatic carbocycles. The van der Waals surface area contributed by atoms with Crippen molar-refractivity contribution in [3.05, 3.63) is 17.7 Å². The van der Waals surface area contributed by atoms with Crippen molar-refractivity contribution in [1.82, 2.24) is 14.3 Å². The Balaban J connectivity index is 2.83. The van der Waals surface area contributed by atoms with Gasteiger partial charge in [-0.05, 0) is 11.6 Å². The van der Waals surface area contributed by atoms with Gasteiger partial charge in [-0.15, -0.1) is 0 Å². The zero-order chi connectivity index (χ0) is 13.8. The maximum absolute atomic E-state index is 12.0. The summed E-state index contributed by atoms with van der Waals surface area (Å²) in [7, 11) is -0.964. The molecule has 0 fully saturated rings. The number of aliphatic hydroxyl groups excluding tert-OH is 1. The topological polar surface area (TPSA) is 92.6 Å². The molecule has 0 bridgehead atoms. The molecule has 0 amide bonds. The summed E-state index contributed by atoms with van der Waals surface area (Å²) < 4.78 is 29.8. The molecule has 1 aromatic heterocycles. The van der Waals surface area contributed by atoms with E-state index in [1.165, 1.54) is 14.2 Å². The fourth-order valence-corrected chi connectivity index (χ4v) is 2.45. The molecule has 18 heavy (non-hydrogen) atoms. The molecule has 0 aliphatic rings. The number of sulfonamides is 1. The number of methoxy groups -OCH3 is 1. The molecular formula is C9H14ClN3O4S. The number of hydrogen-bond acceptors (Lipinski definition) is 6. The Kier molecular flexibility index (Phi) is 5.42. The van der Waals surface area contributed by atoms with Gasteiger partial charge in [0, 0.05) is 20.7 Å². The minimum Gasteiger partial charge on any atom is -0.389 e. The van der Waals surface area contributed by atoms with Crippen LogP contribution in [0.4, 0.5) is 0 Å². The van der Waals surface area contributed by atoms with Crippen molar-refractivity contribution in [1.29, 1.82) is 0 Å². The average Bonchev–Trinajstić information content (AvgIpc) is 2.29. The lowest BCUT2D eigenvalue weighted by Crippen LogP contribution is -2.36. The van der Waals surface area contributed by atoms with Crippen LogP contribution in [0.15, 0.2) is 17.3 Å². The fourth-order valence-electron chi connectivity index (χ4n) is 1.25. The van der Waals surface area contributed by atoms with Gasteiger partial charge in [0.25, 0.3) is 0 Å². The average molecular weight is 296 g/mol. The van der Waals surface area contributed by atoms with Crippen LogP contribution >= 0.6 is 11.6 Å². The highest BCUT2D eigenvalue weighted by Gasteiger charge is 2.23. The minimum absolute atomic E-state index is 0.0315. The van der Waals surface area contributed by atoms with Crippen molar-refractivity contribution >= 4 is 21.6 Å². The van der Waals surface area contributed by atoms with Crippen LogP contribution < -0.4 is 0 Å². The van der Waals surface area contributed by atoms with E-state index in [2.05, 4.69) is 9.97 Å². The molecule has 7 nitrogen and oxygen atoms in total. The zero-order valence-electron chi connectivity index (χ0n) is 9.95. The molecule has 0 aromatic carbocycles. The second-order valence-electron chi connectivity index (χ2n) is 3.58. The summed E-state index contributed by atoms with van der Waals surface area (Å²) >= 11 is 5.48. The van der Waals surface area contributed by atoms with E-state index >= 15 is 0 Å². The first-order chi connectivity index (χ1) is 8.37. The van der Waals surface area contributed by atoms with Crippen molar-refractivity contribution in [3.8, 4) is 0 Å². The Morgan fingerprint density at radius 2 is 2.06 bits per heavy atom. The Morgan fingerprint density at radius 1 is 1.50 bits per heavy atom. The Labute approximate surface area is 110 Å². The van der Waals surface area contributed by atoms with E-state index in [1.54, 1.807) is 0 Å². The van der Waals surface area contributed by atoms with E-state index in [4.69, 9.17) is 16.3 Å². The molecule has 102 valence electrons. The molecular weight excluding hydrogens is 282 g/mol. The van der Waals surface area contributed by atoms with Gasteiger partial charge in [0.1, 0.15) is 4.90 Å². The first kappa shape index (κ1) is 15.3. The highest BCUT2D eigenvalue weighted by atomic mass is 35.5. The van der Waals surface area contributed by atoms with Crippen LogP contribution in [0.2, 0.25) is 5.28 Å². The van der Waals surface area contributed by atoms with Crippen molar-refractivity contribution in [3.63, 3.8) is 0 Å². The number of aliphatic hydroxyl groups is 1. The van der Waals surface area contributed by atoms with Gasteiger partial charge in [-0.1, -0.05) is 0 Å². The van der Waals surface area contributed by atoms with Crippen LogP contribution in [-0.2, 0) is 14.8 Å². The molecule has 1 atom stereocenters. The molecule has 1 unspecified atom stereocenters. The van der Waals surface area contributed by atoms with Gasteiger partial charge < -0.3 is 9.84 Å². The number of hydrogen-bond donors (Lipinski definition) is 1. The molecule has 0 aliphatic heterocycles. The Bertz CT molecular complexity index is 479. The Morgan fingerprint density at radius 3 is 2.56 bits per heavy atom. The highest BCUT2D eigenvalue weighted by molar-refractivity contribution is 7.89. The standard InChI is InChI=1S/C9H14ClN3O4S/c1-13(5-7(14)6-17-2)18(15,16)8-3-11-9(10)12-4-8/h3-4,7,14H,5-6H2,1-2H3. The van der Waals surface area contributed by atoms with Crippen LogP contribution in [0.1, 0.15) is 0 Å². The van der Waals surface area contributed by atoms with Crippen molar-refractivity contribution in [2.75, 3.05) is 27.3 Å². The SMILES string of the molecule is COCC(O)CN(C)S(=O)(=O)c1cnc(Cl)nc1. The number of nitrogens with zero attached hydrogens (tertiary/aromatic N) is 3. The molecule has 1 rings (SSSR count). The van der Waals surface area contributed by atoms with Gasteiger partial charge in [-0.25, -0.2) is 18.4 Å². The number of ether oxygens (including phenoxy) is 1. The molecule has 1 aromatic rings. The third-order valence-corrected chi connectivity index (χ3v) is 4.10. The number of aromatic nitrogens is 2. The lowest BCUT2D eigenvalue weighted by Gasteiger charge is -2.19. The summed E-state index contributed by atoms with van der Waals surface area (Å²) in [4.78, 5) is 7.12. The largest absolute Gasteiger partial charge is 0.389 e. The van der Waals surface area contributed by atoms with Gasteiger partial charge in [0.2, 0.25) is 15.3 Å². The van der Waals surface area contributed by atoms with E-state index in [-0.39, 0.29) is 23.3 Å². The van der Waals surface area contributed by atoms with Gasteiger partial charge in [-0.2, -0.15) is 4.31 Å². The van der Waals surface area contributed by atoms with Gasteiger partial charge in [0.05, 0.1) is 25.1 Å². The molecule has 0 saturated carbocycles. The predicted molar refractivity (Wildman–Crippen MR) is 64.7 cm³/mol. The number of halogens is 1. The van der Waals surface area contributed by atoms with Crippen molar-refractivity contribution in [2.24, 2.45) is 0 Å². The monoisotopic (exact) mass is 295 g/mol. The van der Waals surface area contributed by atoms with Crippen LogP contribution in [0.25, 0.3) is 0 Å². The minimum atomic E-state index is -3.73. The number of rotatable bonds is 6. The van der Waals surface area contributed by atoms with Gasteiger partial charge in [0.15, 0.2) is 0 Å². The molecule has 1 N–H and O–H groups in total. The summed E-state index contributed by atoms with van der Waals surface area (Å²) in [6.45, 7) is -0.0320. The van der Waals surface area contributed by atoms with E-state index in [1.807, 2.05) is 0 Å². The van der Waals surface area contributed by atoms with Gasteiger partial charge in [-0.3, -0.25) is 0 Å². The second-order valence-corrected chi connectivity index (χ2v) is 5.97. The van der Waals surface area contributed by atoms with Crippen LogP contribution in [0, 0.1) is 0 Å². The van der Waals surface area contributed by atoms with Crippen molar-refractivity contribution in [2.45, 2.75) is 11.0 Å². The van der Waals surface area contributed by atoms with Crippen LogP contribution in [-0.4, -0.2) is 61.2 Å². The zero-order valence-corrected chi connectivity index (χ0v) is 11.5. The van der Waals surface area contributed by atoms with Gasteiger partial charge >= 0.3 is 0 Å². The summed E-state index contributed by atoms with van der Waals surface area (Å²) in [5.74, 6) is 0. The van der Waals surface area contributed by atoms with Crippen LogP contribution in [0.5, 0.6) is 0 Å². The summed E-state index contributed by atoms with van der Waals surface area (Å²) in [6.07, 6.45) is 1.33. The normalized spacial score (nSPS) is 13.8. The predicted octanol–water partition coefficient (Wildman–Crippen LogP) is -0.242. The Hall–Kier alpha value is -0.800. The van der Waals surface area contributed by atoms with E-state index in [0.29, 0.717) is 0 Å². The number of likely N-dealkylation sites (N-methyl/N-ethyl adjacent to an activating group) is 1. The second kappa shape index (κ2) is 6.39. The lowest BCUT2D eigenvalue weighted by molar-refractivity contribution is 0.0554. The molecule has 0 spiro atoms. The maximum atomic E-state index is 12.0. The molecule has 0 saturated heterocycles. The molecule has 0 radical (unpaired) electrons. The van der Waals surface area contributed by atoms with Crippen LogP contribution in [0.3, 0.4) is 0 Å². The highest BCUT2D eigenvalue weighted by Crippen LogP contribution is 2.13. The van der Waals surface area contributed by atoms with Crippen molar-refractivity contribution < 1.29 is 18.3 Å². The maximum Gasteiger partial charge on any atom is 0.245 e. The third-order valence-electron chi connectivity index (χ3n) is 2.13. The lowest BCUT2D eigenvalue weighted by atomic mass is 10.4. The third kappa shape index (κ3) is 3.85. The first-order valence-electron chi connectivity index (χ1n) is 4.99. The first-order valence-corrected chi connectivity index (χ1v) is 6.80. The molecule has 9 heteroatoms. The quantitative estimate of drug-likeness (QED) is 0.728. The summed E-state index contributed by atoms with van der Waals surface area (Å²) in [5.41, 5.74) is 0. The summed E-state index contributed by atoms with van der Waals surface area (Å²) in [5, 5.41) is 9.46. The van der Waals surface area contributed by atoms with E-state index in [0.717, 1.165) is 16.7 Å². The fraction of sp³-hybridized carbons (Fsp3) is 0.556. The van der Waals surface area contributed by atoms with E-state index in [9.17, 15) is 13.5 Å². The summed E-state index contributed by atoms with van der Waals surface area (Å²) in [6, 6.07) is 0. The molecule has 1 heterocycles. The smallest absolute Gasteiger partial charge is 0.245 e.